The third kappa shape index (κ3) is 16.3. The molecule has 0 aliphatic carbocycles. The number of carbonyl (C=O) groups is 7. The van der Waals surface area contributed by atoms with Crippen LogP contribution in [0.4, 0.5) is 0 Å². The van der Waals surface area contributed by atoms with Gasteiger partial charge < -0.3 is 63.6 Å². The lowest BCUT2D eigenvalue weighted by Crippen LogP contribution is -2.60. The van der Waals surface area contributed by atoms with Crippen molar-refractivity contribution in [2.45, 2.75) is 95.0 Å². The Labute approximate surface area is 323 Å². The first-order valence-electron chi connectivity index (χ1n) is 18.0. The Bertz CT molecular complexity index is 1640. The molecule has 2 rings (SSSR count). The molecule has 19 nitrogen and oxygen atoms in total. The minimum Gasteiger partial charge on any atom is -0.508 e. The van der Waals surface area contributed by atoms with Gasteiger partial charge in [-0.05, 0) is 80.0 Å². The van der Waals surface area contributed by atoms with Gasteiger partial charge in [0.05, 0.1) is 19.1 Å². The van der Waals surface area contributed by atoms with Crippen LogP contribution >= 0.6 is 0 Å². The van der Waals surface area contributed by atoms with Gasteiger partial charge in [-0.3, -0.25) is 28.8 Å². The molecular weight excluding hydrogens is 734 g/mol. The van der Waals surface area contributed by atoms with Crippen molar-refractivity contribution < 1.29 is 59.1 Å². The summed E-state index contributed by atoms with van der Waals surface area (Å²) in [5, 5.41) is 60.0. The Kier molecular flexibility index (Phi) is 19.2. The maximum absolute atomic E-state index is 13.9. The van der Waals surface area contributed by atoms with E-state index in [-0.39, 0.29) is 49.6 Å². The maximum Gasteiger partial charge on any atom is 0.326 e. The third-order valence-corrected chi connectivity index (χ3v) is 8.47. The van der Waals surface area contributed by atoms with Crippen LogP contribution in [0.25, 0.3) is 0 Å². The fourth-order valence-corrected chi connectivity index (χ4v) is 5.46. The monoisotopic (exact) mass is 787 g/mol. The fourth-order valence-electron chi connectivity index (χ4n) is 5.46. The van der Waals surface area contributed by atoms with E-state index in [0.29, 0.717) is 24.0 Å². The Morgan fingerprint density at radius 3 is 1.55 bits per heavy atom. The van der Waals surface area contributed by atoms with Crippen molar-refractivity contribution >= 4 is 41.5 Å². The van der Waals surface area contributed by atoms with Gasteiger partial charge in [-0.15, -0.1) is 0 Å². The molecule has 308 valence electrons. The van der Waals surface area contributed by atoms with Crippen LogP contribution in [0.15, 0.2) is 48.5 Å². The molecule has 6 atom stereocenters. The Balaban J connectivity index is 2.32. The summed E-state index contributed by atoms with van der Waals surface area (Å²) in [7, 11) is 0. The minimum absolute atomic E-state index is 0.00148. The summed E-state index contributed by atoms with van der Waals surface area (Å²) < 4.78 is 0. The van der Waals surface area contributed by atoms with Gasteiger partial charge >= 0.3 is 11.9 Å². The van der Waals surface area contributed by atoms with Gasteiger partial charge in [-0.25, -0.2) is 4.79 Å². The smallest absolute Gasteiger partial charge is 0.326 e. The summed E-state index contributed by atoms with van der Waals surface area (Å²) in [6, 6.07) is 3.11. The lowest BCUT2D eigenvalue weighted by atomic mass is 10.00. The molecule has 0 bridgehead atoms. The number of phenols is 2. The number of aliphatic hydroxyl groups excluding tert-OH is 1. The second-order valence-corrected chi connectivity index (χ2v) is 13.7. The summed E-state index contributed by atoms with van der Waals surface area (Å²) in [5.41, 5.74) is 12.8. The Hall–Kier alpha value is -5.79. The fraction of sp³-hybridized carbons (Fsp3) is 0.486. The third-order valence-electron chi connectivity index (χ3n) is 8.47. The molecule has 0 radical (unpaired) electrons. The van der Waals surface area contributed by atoms with Crippen LogP contribution in [0.2, 0.25) is 0 Å². The quantitative estimate of drug-likeness (QED) is 0.0532. The lowest BCUT2D eigenvalue weighted by molar-refractivity contribution is -0.147. The Morgan fingerprint density at radius 1 is 0.607 bits per heavy atom. The van der Waals surface area contributed by atoms with E-state index in [2.05, 4.69) is 26.6 Å². The number of aromatic hydroxyl groups is 2. The molecule has 14 N–H and O–H groups in total. The zero-order valence-corrected chi connectivity index (χ0v) is 31.3. The maximum atomic E-state index is 13.9. The molecule has 0 heterocycles. The van der Waals surface area contributed by atoms with Crippen LogP contribution < -0.4 is 38.1 Å². The molecule has 0 fully saturated rings. The van der Waals surface area contributed by atoms with Gasteiger partial charge in [0.25, 0.3) is 0 Å². The summed E-state index contributed by atoms with van der Waals surface area (Å²) in [6.07, 6.45) is -0.239. The van der Waals surface area contributed by atoms with Gasteiger partial charge in [0.15, 0.2) is 0 Å². The zero-order chi connectivity index (χ0) is 41.9. The number of carboxylic acids is 2. The second-order valence-electron chi connectivity index (χ2n) is 13.7. The number of aliphatic hydroxyl groups is 1. The van der Waals surface area contributed by atoms with Crippen LogP contribution in [-0.4, -0.2) is 116 Å². The molecular formula is C37H53N7O12. The summed E-state index contributed by atoms with van der Waals surface area (Å²) in [4.78, 5) is 90.0. The minimum atomic E-state index is -1.79. The van der Waals surface area contributed by atoms with Crippen molar-refractivity contribution in [1.82, 2.24) is 26.6 Å². The summed E-state index contributed by atoms with van der Waals surface area (Å²) >= 11 is 0. The second kappa shape index (κ2) is 23.2. The number of rotatable bonds is 24. The highest BCUT2D eigenvalue weighted by molar-refractivity contribution is 5.96. The normalized spacial score (nSPS) is 14.2. The van der Waals surface area contributed by atoms with Crippen LogP contribution in [0.1, 0.15) is 57.1 Å². The first-order valence-corrected chi connectivity index (χ1v) is 18.0. The standard InChI is InChI=1S/C37H53N7O12/c1-20(2)15-27(34(52)43-29(37(55)56)18-31(48)49)41-35(53)28(17-22-8-12-24(47)13-9-22)42-33(51)26(5-3-4-14-38)40-36(54)30(19-45)44-32(50)25(39)16-21-6-10-23(46)11-7-21/h6-13,20,25-30,45-47H,3-5,14-19,38-39H2,1-2H3,(H,40,54)(H,41,53)(H,42,51)(H,43,52)(H,44,50)(H,48,49)(H,55,56)/t25-,26-,27-,28-,29-,30-/m0/s1. The van der Waals surface area contributed by atoms with Crippen molar-refractivity contribution in [1.29, 1.82) is 0 Å². The molecule has 2 aromatic carbocycles. The molecule has 0 spiro atoms. The number of aliphatic carboxylic acids is 2. The highest BCUT2D eigenvalue weighted by Crippen LogP contribution is 2.14. The van der Waals surface area contributed by atoms with E-state index in [1.54, 1.807) is 26.0 Å². The van der Waals surface area contributed by atoms with Crippen LogP contribution in [0.3, 0.4) is 0 Å². The number of unbranched alkanes of at least 4 members (excludes halogenated alkanes) is 1. The number of nitrogens with one attached hydrogen (secondary N) is 5. The van der Waals surface area contributed by atoms with Crippen LogP contribution in [-0.2, 0) is 46.4 Å². The average Bonchev–Trinajstić information content (AvgIpc) is 3.13. The van der Waals surface area contributed by atoms with Crippen LogP contribution in [0, 0.1) is 5.92 Å². The van der Waals surface area contributed by atoms with Gasteiger partial charge in [0, 0.05) is 6.42 Å². The number of hydrogen-bond donors (Lipinski definition) is 12. The number of benzene rings is 2. The summed E-state index contributed by atoms with van der Waals surface area (Å²) in [6.45, 7) is 2.86. The van der Waals surface area contributed by atoms with Gasteiger partial charge in [-0.2, -0.15) is 0 Å². The molecule has 2 aromatic rings. The topological polar surface area (TPSA) is 333 Å². The number of nitrogens with two attached hydrogens (primary N) is 2. The average molecular weight is 788 g/mol. The van der Waals surface area contributed by atoms with Crippen molar-refractivity contribution in [2.75, 3.05) is 13.2 Å². The number of amides is 5. The van der Waals surface area contributed by atoms with E-state index in [9.17, 15) is 54.0 Å². The van der Waals surface area contributed by atoms with E-state index in [0.717, 1.165) is 0 Å². The molecule has 0 aromatic heterocycles. The Morgan fingerprint density at radius 2 is 1.05 bits per heavy atom. The number of hydrogen-bond acceptors (Lipinski definition) is 12. The number of phenolic OH excluding ortho intramolecular Hbond substituents is 2. The highest BCUT2D eigenvalue weighted by atomic mass is 16.4. The van der Waals surface area contributed by atoms with E-state index in [1.165, 1.54) is 36.4 Å². The van der Waals surface area contributed by atoms with Crippen molar-refractivity contribution in [3.05, 3.63) is 59.7 Å². The van der Waals surface area contributed by atoms with Crippen molar-refractivity contribution in [3.8, 4) is 11.5 Å². The van der Waals surface area contributed by atoms with E-state index in [1.807, 2.05) is 0 Å². The largest absolute Gasteiger partial charge is 0.508 e. The molecule has 19 heteroatoms. The molecule has 0 saturated heterocycles. The molecule has 0 unspecified atom stereocenters. The molecule has 0 saturated carbocycles. The van der Waals surface area contributed by atoms with Crippen molar-refractivity contribution in [2.24, 2.45) is 17.4 Å². The number of carbonyl (C=O) groups excluding carboxylic acids is 5. The SMILES string of the molecule is CC(C)C[C@H](NC(=O)[C@H](Cc1ccc(O)cc1)NC(=O)[C@H](CCCCN)NC(=O)[C@H](CO)NC(=O)[C@@H](N)Cc1ccc(O)cc1)C(=O)N[C@@H](CC(=O)O)C(=O)O. The number of carboxylic acid groups (broad SMARTS) is 2. The first kappa shape index (κ1) is 46.4. The van der Waals surface area contributed by atoms with Gasteiger partial charge in [0.1, 0.15) is 41.7 Å². The highest BCUT2D eigenvalue weighted by Gasteiger charge is 2.33. The van der Waals surface area contributed by atoms with Gasteiger partial charge in [-0.1, -0.05) is 38.1 Å². The summed E-state index contributed by atoms with van der Waals surface area (Å²) in [5.74, 6) is -7.77. The van der Waals surface area contributed by atoms with E-state index < -0.39 is 90.8 Å². The predicted molar refractivity (Wildman–Crippen MR) is 201 cm³/mol. The van der Waals surface area contributed by atoms with Gasteiger partial charge in [0.2, 0.25) is 29.5 Å². The molecule has 0 aliphatic heterocycles. The first-order chi connectivity index (χ1) is 26.4. The molecule has 5 amide bonds. The van der Waals surface area contributed by atoms with Crippen LogP contribution in [0.5, 0.6) is 11.5 Å². The van der Waals surface area contributed by atoms with Crippen molar-refractivity contribution in [3.63, 3.8) is 0 Å². The van der Waals surface area contributed by atoms with E-state index in [4.69, 9.17) is 16.6 Å². The predicted octanol–water partition coefficient (Wildman–Crippen LogP) is -1.64. The molecule has 56 heavy (non-hydrogen) atoms. The lowest BCUT2D eigenvalue weighted by Gasteiger charge is -2.27. The molecule has 0 aliphatic rings. The van der Waals surface area contributed by atoms with E-state index >= 15 is 0 Å². The zero-order valence-electron chi connectivity index (χ0n) is 31.3.